The Morgan fingerprint density at radius 1 is 1.27 bits per heavy atom. The van der Waals surface area contributed by atoms with E-state index in [0.717, 1.165) is 54.5 Å². The number of hydrogen-bond acceptors (Lipinski definition) is 3. The van der Waals surface area contributed by atoms with E-state index < -0.39 is 0 Å². The fourth-order valence-electron chi connectivity index (χ4n) is 3.07. The average Bonchev–Trinajstić information content (AvgIpc) is 3.35. The van der Waals surface area contributed by atoms with E-state index in [4.69, 9.17) is 4.99 Å². The lowest BCUT2D eigenvalue weighted by atomic mass is 10.1. The molecule has 1 saturated carbocycles. The molecule has 0 aliphatic heterocycles. The number of aryl methyl sites for hydroxylation is 2. The van der Waals surface area contributed by atoms with Gasteiger partial charge in [0.15, 0.2) is 5.96 Å². The van der Waals surface area contributed by atoms with Crippen molar-refractivity contribution in [1.29, 1.82) is 0 Å². The highest BCUT2D eigenvalue weighted by Crippen LogP contribution is 2.44. The van der Waals surface area contributed by atoms with Crippen LogP contribution in [0.4, 0.5) is 0 Å². The van der Waals surface area contributed by atoms with Crippen LogP contribution in [-0.2, 0) is 6.54 Å². The maximum Gasteiger partial charge on any atom is 0.191 e. The first-order chi connectivity index (χ1) is 12.6. The minimum Gasteiger partial charge on any atom is -0.396 e. The van der Waals surface area contributed by atoms with Crippen molar-refractivity contribution in [3.8, 4) is 5.69 Å². The van der Waals surface area contributed by atoms with Crippen molar-refractivity contribution in [2.24, 2.45) is 10.4 Å². The number of nitrogens with one attached hydrogen (secondary N) is 2. The van der Waals surface area contributed by atoms with Crippen LogP contribution in [-0.4, -0.2) is 40.5 Å². The second-order valence-electron chi connectivity index (χ2n) is 7.17. The lowest BCUT2D eigenvalue weighted by Crippen LogP contribution is -2.41. The first kappa shape index (κ1) is 18.5. The van der Waals surface area contributed by atoms with Gasteiger partial charge in [-0.05, 0) is 51.3 Å². The van der Waals surface area contributed by atoms with Crippen LogP contribution in [0.5, 0.6) is 0 Å². The Morgan fingerprint density at radius 2 is 2.04 bits per heavy atom. The van der Waals surface area contributed by atoms with Gasteiger partial charge in [-0.15, -0.1) is 0 Å². The number of aliphatic hydroxyl groups excluding tert-OH is 1. The summed E-state index contributed by atoms with van der Waals surface area (Å²) in [5, 5.41) is 20.8. The molecule has 6 heteroatoms. The fraction of sp³-hybridized carbons (Fsp3) is 0.500. The normalized spacial score (nSPS) is 15.8. The van der Waals surface area contributed by atoms with Gasteiger partial charge in [0.05, 0.1) is 24.5 Å². The van der Waals surface area contributed by atoms with E-state index in [1.165, 1.54) is 0 Å². The Labute approximate surface area is 155 Å². The summed E-state index contributed by atoms with van der Waals surface area (Å²) in [5.74, 6) is 0.787. The minimum absolute atomic E-state index is 0.0534. The van der Waals surface area contributed by atoms with E-state index in [1.807, 2.05) is 23.7 Å². The molecule has 1 aliphatic carbocycles. The number of aromatic nitrogens is 2. The monoisotopic (exact) mass is 355 g/mol. The summed E-state index contributed by atoms with van der Waals surface area (Å²) in [4.78, 5) is 4.74. The SMILES string of the molecule is CCNC(=NCc1ccccc1-n1nc(C)cc1C)NCC1(CO)CC1. The molecule has 1 fully saturated rings. The molecule has 0 amide bonds. The summed E-state index contributed by atoms with van der Waals surface area (Å²) >= 11 is 0. The minimum atomic E-state index is 0.0534. The number of hydrogen-bond donors (Lipinski definition) is 3. The van der Waals surface area contributed by atoms with Gasteiger partial charge in [-0.3, -0.25) is 0 Å². The van der Waals surface area contributed by atoms with Crippen molar-refractivity contribution in [1.82, 2.24) is 20.4 Å². The van der Waals surface area contributed by atoms with Crippen LogP contribution in [0.3, 0.4) is 0 Å². The highest BCUT2D eigenvalue weighted by molar-refractivity contribution is 5.79. The molecule has 140 valence electrons. The van der Waals surface area contributed by atoms with E-state index in [1.54, 1.807) is 0 Å². The smallest absolute Gasteiger partial charge is 0.191 e. The summed E-state index contributed by atoms with van der Waals surface area (Å²) in [6.45, 7) is 8.49. The van der Waals surface area contributed by atoms with E-state index in [0.29, 0.717) is 6.54 Å². The third-order valence-corrected chi connectivity index (χ3v) is 4.90. The van der Waals surface area contributed by atoms with Crippen LogP contribution in [0, 0.1) is 19.3 Å². The molecule has 1 aromatic carbocycles. The Balaban J connectivity index is 1.76. The fourth-order valence-corrected chi connectivity index (χ4v) is 3.07. The predicted octanol–water partition coefficient (Wildman–Crippen LogP) is 2.32. The zero-order valence-corrected chi connectivity index (χ0v) is 15.9. The Morgan fingerprint density at radius 3 is 2.65 bits per heavy atom. The first-order valence-electron chi connectivity index (χ1n) is 9.31. The molecule has 0 unspecified atom stereocenters. The van der Waals surface area contributed by atoms with Crippen molar-refractivity contribution in [2.75, 3.05) is 19.7 Å². The molecule has 0 saturated heterocycles. The molecule has 1 aromatic heterocycles. The average molecular weight is 355 g/mol. The maximum atomic E-state index is 9.49. The maximum absolute atomic E-state index is 9.49. The summed E-state index contributed by atoms with van der Waals surface area (Å²) in [5.41, 5.74) is 4.36. The molecule has 1 aliphatic rings. The van der Waals surface area contributed by atoms with Gasteiger partial charge in [0.25, 0.3) is 0 Å². The van der Waals surface area contributed by atoms with Crippen LogP contribution in [0.2, 0.25) is 0 Å². The Kier molecular flexibility index (Phi) is 5.61. The number of rotatable bonds is 7. The van der Waals surface area contributed by atoms with Crippen molar-refractivity contribution < 1.29 is 5.11 Å². The second kappa shape index (κ2) is 7.91. The number of guanidine groups is 1. The van der Waals surface area contributed by atoms with Crippen LogP contribution >= 0.6 is 0 Å². The standard InChI is InChI=1S/C20H29N5O/c1-4-21-19(23-13-20(14-26)9-10-20)22-12-17-7-5-6-8-18(17)25-16(3)11-15(2)24-25/h5-8,11,26H,4,9-10,12-14H2,1-3H3,(H2,21,22,23). The van der Waals surface area contributed by atoms with Gasteiger partial charge >= 0.3 is 0 Å². The van der Waals surface area contributed by atoms with Crippen LogP contribution in [0.1, 0.15) is 36.7 Å². The van der Waals surface area contributed by atoms with Crippen molar-refractivity contribution in [3.63, 3.8) is 0 Å². The van der Waals surface area contributed by atoms with Gasteiger partial charge in [0, 0.05) is 24.2 Å². The molecule has 6 nitrogen and oxygen atoms in total. The number of benzene rings is 1. The van der Waals surface area contributed by atoms with Crippen molar-refractivity contribution >= 4 is 5.96 Å². The zero-order chi connectivity index (χ0) is 18.6. The van der Waals surface area contributed by atoms with E-state index >= 15 is 0 Å². The number of para-hydroxylation sites is 1. The van der Waals surface area contributed by atoms with Gasteiger partial charge in [0.2, 0.25) is 0 Å². The second-order valence-corrected chi connectivity index (χ2v) is 7.17. The summed E-state index contributed by atoms with van der Waals surface area (Å²) in [7, 11) is 0. The van der Waals surface area contributed by atoms with Gasteiger partial charge in [-0.1, -0.05) is 18.2 Å². The van der Waals surface area contributed by atoms with Gasteiger partial charge in [-0.2, -0.15) is 5.10 Å². The molecular weight excluding hydrogens is 326 g/mol. The van der Waals surface area contributed by atoms with Gasteiger partial charge < -0.3 is 15.7 Å². The highest BCUT2D eigenvalue weighted by atomic mass is 16.3. The van der Waals surface area contributed by atoms with Gasteiger partial charge in [0.1, 0.15) is 0 Å². The van der Waals surface area contributed by atoms with Crippen LogP contribution in [0.25, 0.3) is 5.69 Å². The van der Waals surface area contributed by atoms with E-state index in [9.17, 15) is 5.11 Å². The zero-order valence-electron chi connectivity index (χ0n) is 15.9. The quantitative estimate of drug-likeness (QED) is 0.526. The van der Waals surface area contributed by atoms with Crippen LogP contribution < -0.4 is 10.6 Å². The molecule has 2 aromatic rings. The molecule has 26 heavy (non-hydrogen) atoms. The van der Waals surface area contributed by atoms with Gasteiger partial charge in [-0.25, -0.2) is 9.67 Å². The Bertz CT molecular complexity index is 776. The van der Waals surface area contributed by atoms with Crippen molar-refractivity contribution in [2.45, 2.75) is 40.2 Å². The molecule has 3 rings (SSSR count). The summed E-state index contributed by atoms with van der Waals surface area (Å²) in [6.07, 6.45) is 2.16. The topological polar surface area (TPSA) is 74.5 Å². The largest absolute Gasteiger partial charge is 0.396 e. The third kappa shape index (κ3) is 4.25. The highest BCUT2D eigenvalue weighted by Gasteiger charge is 2.41. The molecule has 3 N–H and O–H groups in total. The lowest BCUT2D eigenvalue weighted by molar-refractivity contribution is 0.212. The number of nitrogens with zero attached hydrogens (tertiary/aromatic N) is 3. The summed E-state index contributed by atoms with van der Waals surface area (Å²) in [6, 6.07) is 10.3. The molecule has 0 spiro atoms. The predicted molar refractivity (Wildman–Crippen MR) is 105 cm³/mol. The third-order valence-electron chi connectivity index (χ3n) is 4.90. The molecule has 1 heterocycles. The molecule has 0 atom stereocenters. The summed E-state index contributed by atoms with van der Waals surface area (Å²) < 4.78 is 1.98. The number of aliphatic hydroxyl groups is 1. The molecular formula is C20H29N5O. The Hall–Kier alpha value is -2.34. The molecule has 0 radical (unpaired) electrons. The van der Waals surface area contributed by atoms with Crippen molar-refractivity contribution in [3.05, 3.63) is 47.3 Å². The molecule has 0 bridgehead atoms. The lowest BCUT2D eigenvalue weighted by Gasteiger charge is -2.16. The number of aliphatic imine (C=N–C) groups is 1. The van der Waals surface area contributed by atoms with Crippen LogP contribution in [0.15, 0.2) is 35.3 Å². The van der Waals surface area contributed by atoms with E-state index in [-0.39, 0.29) is 12.0 Å². The van der Waals surface area contributed by atoms with E-state index in [2.05, 4.69) is 47.8 Å². The first-order valence-corrected chi connectivity index (χ1v) is 9.31.